The number of nitrogens with one attached hydrogen (secondary N) is 1. The van der Waals surface area contributed by atoms with Gasteiger partial charge in [0.25, 0.3) is 5.91 Å². The smallest absolute Gasteiger partial charge is 0.338 e. The first kappa shape index (κ1) is 19.9. The van der Waals surface area contributed by atoms with E-state index >= 15 is 0 Å². The van der Waals surface area contributed by atoms with Crippen LogP contribution >= 0.6 is 0 Å². The maximum absolute atomic E-state index is 12.4. The van der Waals surface area contributed by atoms with Gasteiger partial charge in [0.1, 0.15) is 0 Å². The van der Waals surface area contributed by atoms with Crippen molar-refractivity contribution in [2.75, 3.05) is 11.9 Å². The molecule has 30 heavy (non-hydrogen) atoms. The van der Waals surface area contributed by atoms with Crippen molar-refractivity contribution in [2.24, 2.45) is 0 Å². The average molecular weight is 403 g/mol. The molecule has 2 aromatic carbocycles. The summed E-state index contributed by atoms with van der Waals surface area (Å²) < 4.78 is 7.02. The molecule has 3 aromatic rings. The Balaban J connectivity index is 1.40. The average Bonchev–Trinajstić information content (AvgIpc) is 3.32. The monoisotopic (exact) mass is 403 g/mol. The molecule has 0 bridgehead atoms. The van der Waals surface area contributed by atoms with Crippen molar-refractivity contribution < 1.29 is 14.3 Å². The number of carbonyl (C=O) groups excluding carboxylic acids is 2. The lowest BCUT2D eigenvalue weighted by atomic mass is 10.1. The number of aryl methyl sites for hydroxylation is 4. The number of nitrogens with zero attached hydrogens (tertiary/aromatic N) is 2. The van der Waals surface area contributed by atoms with Crippen LogP contribution in [0.4, 0.5) is 5.69 Å². The van der Waals surface area contributed by atoms with Gasteiger partial charge in [-0.2, -0.15) is 5.10 Å². The van der Waals surface area contributed by atoms with E-state index in [-0.39, 0.29) is 12.5 Å². The summed E-state index contributed by atoms with van der Waals surface area (Å²) in [5, 5.41) is 7.36. The van der Waals surface area contributed by atoms with Crippen molar-refractivity contribution in [3.63, 3.8) is 0 Å². The number of aromatic nitrogens is 2. The van der Waals surface area contributed by atoms with E-state index in [9.17, 15) is 9.59 Å². The lowest BCUT2D eigenvalue weighted by molar-refractivity contribution is -0.119. The van der Waals surface area contributed by atoms with Crippen LogP contribution in [0.1, 0.15) is 44.9 Å². The molecule has 0 fully saturated rings. The zero-order chi connectivity index (χ0) is 21.3. The Kier molecular flexibility index (Phi) is 5.40. The van der Waals surface area contributed by atoms with E-state index in [0.29, 0.717) is 16.9 Å². The van der Waals surface area contributed by atoms with Crippen molar-refractivity contribution in [1.82, 2.24) is 9.78 Å². The summed E-state index contributed by atoms with van der Waals surface area (Å²) in [6.45, 7) is 5.42. The second kappa shape index (κ2) is 8.14. The molecule has 0 aliphatic heterocycles. The zero-order valence-electron chi connectivity index (χ0n) is 17.5. The van der Waals surface area contributed by atoms with Gasteiger partial charge in [0.15, 0.2) is 6.61 Å². The van der Waals surface area contributed by atoms with Gasteiger partial charge in [-0.05, 0) is 75.4 Å². The first-order valence-corrected chi connectivity index (χ1v) is 10.1. The van der Waals surface area contributed by atoms with Gasteiger partial charge in [0, 0.05) is 0 Å². The van der Waals surface area contributed by atoms with E-state index in [0.717, 1.165) is 30.6 Å². The van der Waals surface area contributed by atoms with Gasteiger partial charge in [-0.25, -0.2) is 9.48 Å². The molecule has 0 spiro atoms. The molecule has 1 aliphatic carbocycles. The first-order chi connectivity index (χ1) is 14.4. The summed E-state index contributed by atoms with van der Waals surface area (Å²) in [5.74, 6) is -0.872. The maximum atomic E-state index is 12.4. The van der Waals surface area contributed by atoms with Crippen LogP contribution in [0.5, 0.6) is 0 Å². The predicted molar refractivity (Wildman–Crippen MR) is 115 cm³/mol. The van der Waals surface area contributed by atoms with Crippen molar-refractivity contribution in [3.05, 3.63) is 76.1 Å². The number of amides is 1. The fourth-order valence-electron chi connectivity index (χ4n) is 3.85. The highest BCUT2D eigenvalue weighted by atomic mass is 16.5. The first-order valence-electron chi connectivity index (χ1n) is 10.1. The molecule has 0 saturated heterocycles. The number of carbonyl (C=O) groups is 2. The number of fused-ring (bicyclic) bond motifs is 1. The Labute approximate surface area is 175 Å². The molecule has 6 heteroatoms. The minimum Gasteiger partial charge on any atom is -0.452 e. The molecular weight excluding hydrogens is 378 g/mol. The lowest BCUT2D eigenvalue weighted by Gasteiger charge is -2.09. The number of ether oxygens (including phenoxy) is 1. The van der Waals surface area contributed by atoms with E-state index in [4.69, 9.17) is 4.74 Å². The van der Waals surface area contributed by atoms with Crippen LogP contribution in [-0.2, 0) is 22.4 Å². The van der Waals surface area contributed by atoms with Gasteiger partial charge in [0.2, 0.25) is 0 Å². The number of hydrogen-bond acceptors (Lipinski definition) is 4. The van der Waals surface area contributed by atoms with Crippen molar-refractivity contribution in [3.8, 4) is 5.69 Å². The quantitative estimate of drug-likeness (QED) is 0.652. The van der Waals surface area contributed by atoms with Crippen molar-refractivity contribution in [1.29, 1.82) is 0 Å². The second-order valence-electron chi connectivity index (χ2n) is 7.75. The molecular formula is C24H25N3O3. The predicted octanol–water partition coefficient (Wildman–Crippen LogP) is 4.08. The Hall–Kier alpha value is -3.41. The minimum absolute atomic E-state index is 0.343. The zero-order valence-corrected chi connectivity index (χ0v) is 17.5. The number of anilines is 1. The maximum Gasteiger partial charge on any atom is 0.338 e. The van der Waals surface area contributed by atoms with E-state index in [1.54, 1.807) is 10.7 Å². The number of rotatable bonds is 5. The third kappa shape index (κ3) is 3.99. The molecule has 0 radical (unpaired) electrons. The third-order valence-corrected chi connectivity index (χ3v) is 5.50. The van der Waals surface area contributed by atoms with Gasteiger partial charge >= 0.3 is 5.97 Å². The van der Waals surface area contributed by atoms with E-state index < -0.39 is 5.97 Å². The lowest BCUT2D eigenvalue weighted by Crippen LogP contribution is -2.21. The molecule has 0 atom stereocenters. The molecule has 0 saturated carbocycles. The summed E-state index contributed by atoms with van der Waals surface area (Å²) in [6, 6.07) is 13.6. The summed E-state index contributed by atoms with van der Waals surface area (Å²) in [7, 11) is 0. The molecule has 1 N–H and O–H groups in total. The van der Waals surface area contributed by atoms with Gasteiger partial charge in [0.05, 0.1) is 28.3 Å². The summed E-state index contributed by atoms with van der Waals surface area (Å²) >= 11 is 0. The van der Waals surface area contributed by atoms with Crippen molar-refractivity contribution in [2.45, 2.75) is 40.0 Å². The highest BCUT2D eigenvalue weighted by molar-refractivity contribution is 5.96. The van der Waals surface area contributed by atoms with Gasteiger partial charge in [-0.1, -0.05) is 23.8 Å². The van der Waals surface area contributed by atoms with Crippen LogP contribution < -0.4 is 5.32 Å². The minimum atomic E-state index is -0.483. The highest BCUT2D eigenvalue weighted by Crippen LogP contribution is 2.24. The van der Waals surface area contributed by atoms with Crippen LogP contribution in [0, 0.1) is 20.8 Å². The Bertz CT molecular complexity index is 1110. The molecule has 1 amide bonds. The van der Waals surface area contributed by atoms with Crippen LogP contribution in [-0.4, -0.2) is 28.3 Å². The Morgan fingerprint density at radius 3 is 2.53 bits per heavy atom. The fourth-order valence-corrected chi connectivity index (χ4v) is 3.85. The number of esters is 1. The van der Waals surface area contributed by atoms with Crippen molar-refractivity contribution >= 4 is 17.6 Å². The summed E-state index contributed by atoms with van der Waals surface area (Å²) in [4.78, 5) is 24.7. The third-order valence-electron chi connectivity index (χ3n) is 5.50. The van der Waals surface area contributed by atoms with E-state index in [1.807, 2.05) is 57.2 Å². The van der Waals surface area contributed by atoms with Gasteiger partial charge in [-0.3, -0.25) is 4.79 Å². The molecule has 4 rings (SSSR count). The molecule has 154 valence electrons. The highest BCUT2D eigenvalue weighted by Gasteiger charge is 2.18. The number of hydrogen-bond donors (Lipinski definition) is 1. The van der Waals surface area contributed by atoms with Crippen LogP contribution in [0.2, 0.25) is 0 Å². The Morgan fingerprint density at radius 1 is 1.03 bits per heavy atom. The number of benzene rings is 2. The molecule has 1 aromatic heterocycles. The van der Waals surface area contributed by atoms with Gasteiger partial charge < -0.3 is 10.1 Å². The molecule has 0 unspecified atom stereocenters. The molecule has 6 nitrogen and oxygen atoms in total. The standard InChI is InChI=1S/C24H25N3O3/c1-15-7-11-21(12-8-15)27-17(3)23(16(2)26-27)25-22(28)14-30-24(29)20-10-9-18-5-4-6-19(18)13-20/h7-13H,4-6,14H2,1-3H3,(H,25,28). The van der Waals surface area contributed by atoms with Crippen LogP contribution in [0.25, 0.3) is 5.69 Å². The molecule has 1 aliphatic rings. The Morgan fingerprint density at radius 2 is 1.77 bits per heavy atom. The normalized spacial score (nSPS) is 12.5. The second-order valence-corrected chi connectivity index (χ2v) is 7.75. The topological polar surface area (TPSA) is 73.2 Å². The van der Waals surface area contributed by atoms with E-state index in [1.165, 1.54) is 16.7 Å². The fraction of sp³-hybridized carbons (Fsp3) is 0.292. The molecule has 1 heterocycles. The SMILES string of the molecule is Cc1ccc(-n2nc(C)c(NC(=O)COC(=O)c3ccc4c(c3)CCC4)c2C)cc1. The van der Waals surface area contributed by atoms with Crippen LogP contribution in [0.15, 0.2) is 42.5 Å². The van der Waals surface area contributed by atoms with Gasteiger partial charge in [-0.15, -0.1) is 0 Å². The largest absolute Gasteiger partial charge is 0.452 e. The summed E-state index contributed by atoms with van der Waals surface area (Å²) in [5.41, 5.74) is 7.21. The van der Waals surface area contributed by atoms with Crippen LogP contribution in [0.3, 0.4) is 0 Å². The summed E-state index contributed by atoms with van der Waals surface area (Å²) in [6.07, 6.45) is 3.16. The van der Waals surface area contributed by atoms with E-state index in [2.05, 4.69) is 10.4 Å².